The number of nitrogens with zero attached hydrogens (tertiary/aromatic N) is 1. The van der Waals surface area contributed by atoms with Crippen LogP contribution < -0.4 is 4.74 Å². The summed E-state index contributed by atoms with van der Waals surface area (Å²) < 4.78 is 29.7. The summed E-state index contributed by atoms with van der Waals surface area (Å²) in [6, 6.07) is 23.0. The Morgan fingerprint density at radius 3 is 1.97 bits per heavy atom. The highest BCUT2D eigenvalue weighted by Gasteiger charge is 2.36. The minimum absolute atomic E-state index is 0.248. The zero-order valence-corrected chi connectivity index (χ0v) is 20.0. The summed E-state index contributed by atoms with van der Waals surface area (Å²) >= 11 is 0. The van der Waals surface area contributed by atoms with E-state index in [-0.39, 0.29) is 17.0 Å². The van der Waals surface area contributed by atoms with Crippen LogP contribution in [0.3, 0.4) is 0 Å². The summed E-state index contributed by atoms with van der Waals surface area (Å²) in [6.07, 6.45) is 3.28. The molecule has 0 spiro atoms. The number of hydrogen-bond donors (Lipinski definition) is 0. The number of carbonyl (C=O) groups is 2. The van der Waals surface area contributed by atoms with Gasteiger partial charge < -0.3 is 19.1 Å². The van der Waals surface area contributed by atoms with Crippen LogP contribution >= 0.6 is 0 Å². The molecule has 3 aromatic rings. The predicted octanol–water partition coefficient (Wildman–Crippen LogP) is 5.12. The van der Waals surface area contributed by atoms with E-state index < -0.39 is 17.9 Å². The Kier molecular flexibility index (Phi) is 7.80. The molecule has 36 heavy (non-hydrogen) atoms. The molecule has 0 aliphatic carbocycles. The Morgan fingerprint density at radius 1 is 0.778 bits per heavy atom. The number of benzene rings is 3. The lowest BCUT2D eigenvalue weighted by molar-refractivity contribution is -0.137. The smallest absolute Gasteiger partial charge is 0.336 e. The summed E-state index contributed by atoms with van der Waals surface area (Å²) in [4.78, 5) is 27.6. The molecule has 184 valence electrons. The highest BCUT2D eigenvalue weighted by molar-refractivity contribution is 5.98. The molecule has 4 rings (SSSR count). The average molecular weight is 488 g/mol. The molecule has 0 radical (unpaired) electrons. The van der Waals surface area contributed by atoms with E-state index in [4.69, 9.17) is 14.2 Å². The third kappa shape index (κ3) is 5.63. The van der Waals surface area contributed by atoms with Crippen molar-refractivity contribution in [1.29, 1.82) is 0 Å². The molecule has 0 saturated carbocycles. The van der Waals surface area contributed by atoms with Gasteiger partial charge in [-0.15, -0.1) is 0 Å². The van der Waals surface area contributed by atoms with Gasteiger partial charge in [0.1, 0.15) is 18.2 Å². The number of ether oxygens (including phenoxy) is 3. The second-order valence-corrected chi connectivity index (χ2v) is 8.20. The van der Waals surface area contributed by atoms with Gasteiger partial charge >= 0.3 is 11.9 Å². The minimum atomic E-state index is -0.777. The number of hydrogen-bond acceptors (Lipinski definition) is 6. The van der Waals surface area contributed by atoms with Gasteiger partial charge in [-0.1, -0.05) is 60.7 Å². The fourth-order valence-electron chi connectivity index (χ4n) is 4.10. The lowest BCUT2D eigenvalue weighted by Gasteiger charge is -2.31. The zero-order chi connectivity index (χ0) is 25.5. The van der Waals surface area contributed by atoms with Crippen LogP contribution in [0.4, 0.5) is 4.39 Å². The van der Waals surface area contributed by atoms with Gasteiger partial charge in [0.05, 0.1) is 31.3 Å². The van der Waals surface area contributed by atoms with Crippen molar-refractivity contribution in [2.45, 2.75) is 19.1 Å². The summed E-state index contributed by atoms with van der Waals surface area (Å²) in [5.74, 6) is -1.77. The highest BCUT2D eigenvalue weighted by atomic mass is 19.1. The molecule has 7 heteroatoms. The van der Waals surface area contributed by atoms with Crippen LogP contribution in [0.5, 0.6) is 5.75 Å². The molecular weight excluding hydrogens is 461 g/mol. The van der Waals surface area contributed by atoms with Crippen molar-refractivity contribution in [3.05, 3.63) is 125 Å². The molecule has 1 aliphatic rings. The van der Waals surface area contributed by atoms with Crippen LogP contribution in [-0.2, 0) is 32.2 Å². The van der Waals surface area contributed by atoms with Crippen LogP contribution in [0.1, 0.15) is 22.6 Å². The first-order valence-corrected chi connectivity index (χ1v) is 11.4. The molecule has 6 nitrogen and oxygen atoms in total. The van der Waals surface area contributed by atoms with Gasteiger partial charge in [0.25, 0.3) is 0 Å². The molecule has 1 aliphatic heterocycles. The number of halogens is 1. The minimum Gasteiger partial charge on any atom is -0.489 e. The van der Waals surface area contributed by atoms with Crippen LogP contribution in [-0.4, -0.2) is 31.1 Å². The van der Waals surface area contributed by atoms with Gasteiger partial charge in [0.15, 0.2) is 0 Å². The maximum atomic E-state index is 13.4. The lowest BCUT2D eigenvalue weighted by Crippen LogP contribution is -2.29. The van der Waals surface area contributed by atoms with Crippen LogP contribution in [0.2, 0.25) is 0 Å². The van der Waals surface area contributed by atoms with Gasteiger partial charge in [-0.05, 0) is 29.3 Å². The van der Waals surface area contributed by atoms with Crippen molar-refractivity contribution in [3.63, 3.8) is 0 Å². The van der Waals surface area contributed by atoms with Gasteiger partial charge in [-0.25, -0.2) is 14.0 Å². The van der Waals surface area contributed by atoms with Crippen LogP contribution in [0.15, 0.2) is 102 Å². The number of rotatable bonds is 8. The van der Waals surface area contributed by atoms with E-state index in [9.17, 15) is 14.0 Å². The van der Waals surface area contributed by atoms with Gasteiger partial charge in [0, 0.05) is 24.5 Å². The second-order valence-electron chi connectivity index (χ2n) is 8.20. The summed E-state index contributed by atoms with van der Waals surface area (Å²) in [7, 11) is 2.58. The van der Waals surface area contributed by atoms with Gasteiger partial charge in [-0.2, -0.15) is 0 Å². The SMILES string of the molecule is COC(=O)C1=CN(Cc2ccc(F)cc2)C=C(C(=O)OC)C1c1ccccc1OCc1ccccc1. The molecule has 3 aromatic carbocycles. The fourth-order valence-corrected chi connectivity index (χ4v) is 4.10. The first kappa shape index (κ1) is 24.7. The van der Waals surface area contributed by atoms with Crippen molar-refractivity contribution < 1.29 is 28.2 Å². The van der Waals surface area contributed by atoms with E-state index in [0.717, 1.165) is 11.1 Å². The first-order chi connectivity index (χ1) is 17.5. The van der Waals surface area contributed by atoms with E-state index in [1.54, 1.807) is 35.5 Å². The van der Waals surface area contributed by atoms with Crippen LogP contribution in [0, 0.1) is 5.82 Å². The van der Waals surface area contributed by atoms with E-state index >= 15 is 0 Å². The molecule has 0 unspecified atom stereocenters. The van der Waals surface area contributed by atoms with E-state index in [1.165, 1.54) is 26.4 Å². The maximum Gasteiger partial charge on any atom is 0.336 e. The fraction of sp³-hybridized carbons (Fsp3) is 0.172. The predicted molar refractivity (Wildman–Crippen MR) is 132 cm³/mol. The molecule has 0 saturated heterocycles. The number of carbonyl (C=O) groups excluding carboxylic acids is 2. The Balaban J connectivity index is 1.74. The van der Waals surface area contributed by atoms with Crippen molar-refractivity contribution in [3.8, 4) is 5.75 Å². The van der Waals surface area contributed by atoms with Gasteiger partial charge in [0.2, 0.25) is 0 Å². The number of para-hydroxylation sites is 1. The Morgan fingerprint density at radius 2 is 1.36 bits per heavy atom. The summed E-state index contributed by atoms with van der Waals surface area (Å²) in [5, 5.41) is 0. The van der Waals surface area contributed by atoms with E-state index in [1.807, 2.05) is 48.5 Å². The maximum absolute atomic E-state index is 13.4. The Hall–Kier alpha value is -4.39. The molecule has 0 N–H and O–H groups in total. The number of methoxy groups -OCH3 is 2. The Labute approximate surface area is 209 Å². The molecular formula is C29H26FNO5. The molecule has 1 heterocycles. The van der Waals surface area contributed by atoms with Crippen molar-refractivity contribution in [2.24, 2.45) is 0 Å². The van der Waals surface area contributed by atoms with Crippen LogP contribution in [0.25, 0.3) is 0 Å². The monoisotopic (exact) mass is 487 g/mol. The van der Waals surface area contributed by atoms with Crippen molar-refractivity contribution in [2.75, 3.05) is 14.2 Å². The first-order valence-electron chi connectivity index (χ1n) is 11.4. The number of esters is 2. The zero-order valence-electron chi connectivity index (χ0n) is 20.0. The molecule has 0 atom stereocenters. The third-order valence-electron chi connectivity index (χ3n) is 5.82. The van der Waals surface area contributed by atoms with E-state index in [0.29, 0.717) is 24.5 Å². The standard InChI is InChI=1S/C29H26FNO5/c1-34-28(32)24-17-31(16-20-12-14-22(30)15-13-20)18-25(29(33)35-2)27(24)23-10-6-7-11-26(23)36-19-21-8-4-3-5-9-21/h3-15,17-18,27H,16,19H2,1-2H3. The van der Waals surface area contributed by atoms with Crippen molar-refractivity contribution >= 4 is 11.9 Å². The van der Waals surface area contributed by atoms with Crippen molar-refractivity contribution in [1.82, 2.24) is 4.90 Å². The summed E-state index contributed by atoms with van der Waals surface area (Å²) in [6.45, 7) is 0.621. The third-order valence-corrected chi connectivity index (χ3v) is 5.82. The quantitative estimate of drug-likeness (QED) is 0.411. The average Bonchev–Trinajstić information content (AvgIpc) is 2.92. The highest BCUT2D eigenvalue weighted by Crippen LogP contribution is 2.41. The molecule has 0 amide bonds. The van der Waals surface area contributed by atoms with Gasteiger partial charge in [-0.3, -0.25) is 0 Å². The second kappa shape index (κ2) is 11.4. The molecule has 0 fully saturated rings. The van der Waals surface area contributed by atoms with E-state index in [2.05, 4.69) is 0 Å². The molecule has 0 aromatic heterocycles. The summed E-state index contributed by atoms with van der Waals surface area (Å²) in [5.41, 5.74) is 2.90. The topological polar surface area (TPSA) is 65.1 Å². The Bertz CT molecular complexity index is 1250. The molecule has 0 bridgehead atoms. The largest absolute Gasteiger partial charge is 0.489 e. The normalized spacial score (nSPS) is 13.5. The lowest BCUT2D eigenvalue weighted by atomic mass is 9.82.